The highest BCUT2D eigenvalue weighted by Gasteiger charge is 2.41. The Kier molecular flexibility index (Phi) is 1.65. The average Bonchev–Trinajstić information content (AvgIpc) is 2.62. The lowest BCUT2D eigenvalue weighted by Gasteiger charge is -2.00. The lowest BCUT2D eigenvalue weighted by Crippen LogP contribution is -2.07. The lowest BCUT2D eigenvalue weighted by molar-refractivity contribution is -0.114. The summed E-state index contributed by atoms with van der Waals surface area (Å²) in [6, 6.07) is 0. The van der Waals surface area contributed by atoms with Gasteiger partial charge in [0.05, 0.1) is 5.69 Å². The third-order valence-corrected chi connectivity index (χ3v) is 2.49. The number of carbonyl (C=O) groups is 1. The van der Waals surface area contributed by atoms with Gasteiger partial charge in [-0.25, -0.2) is 4.98 Å². The van der Waals surface area contributed by atoms with Crippen LogP contribution in [0.2, 0.25) is 0 Å². The molecule has 4 nitrogen and oxygen atoms in total. The molecule has 13 heavy (non-hydrogen) atoms. The molecule has 1 aromatic heterocycles. The van der Waals surface area contributed by atoms with Gasteiger partial charge in [0.25, 0.3) is 0 Å². The normalized spacial score (nSPS) is 18.3. The van der Waals surface area contributed by atoms with E-state index in [0.717, 1.165) is 5.69 Å². The van der Waals surface area contributed by atoms with Gasteiger partial charge in [-0.3, -0.25) is 10.1 Å². The summed E-state index contributed by atoms with van der Waals surface area (Å²) in [7, 11) is 0. The standard InChI is InChI=1S/C9H13N3O/c1-6(13)11-8-10-5-7(12-8)9(2)3-4-9/h5H,3-4H2,1-2H3,(H2,10,11,12,13). The smallest absolute Gasteiger partial charge is 0.223 e. The van der Waals surface area contributed by atoms with Crippen molar-refractivity contribution in [2.45, 2.75) is 32.1 Å². The zero-order chi connectivity index (χ0) is 9.47. The highest BCUT2D eigenvalue weighted by atomic mass is 16.1. The van der Waals surface area contributed by atoms with E-state index in [-0.39, 0.29) is 11.3 Å². The Morgan fingerprint density at radius 2 is 2.38 bits per heavy atom. The molecule has 0 spiro atoms. The van der Waals surface area contributed by atoms with Crippen LogP contribution >= 0.6 is 0 Å². The maximum absolute atomic E-state index is 10.7. The quantitative estimate of drug-likeness (QED) is 0.721. The second kappa shape index (κ2) is 2.58. The number of aromatic amines is 1. The first-order valence-corrected chi connectivity index (χ1v) is 4.44. The zero-order valence-electron chi connectivity index (χ0n) is 7.85. The summed E-state index contributed by atoms with van der Waals surface area (Å²) in [6.45, 7) is 3.65. The van der Waals surface area contributed by atoms with Crippen LogP contribution in [0.4, 0.5) is 5.95 Å². The van der Waals surface area contributed by atoms with Gasteiger partial charge in [0.2, 0.25) is 11.9 Å². The van der Waals surface area contributed by atoms with Gasteiger partial charge in [0, 0.05) is 18.5 Å². The van der Waals surface area contributed by atoms with E-state index in [4.69, 9.17) is 0 Å². The van der Waals surface area contributed by atoms with Crippen LogP contribution in [0.5, 0.6) is 0 Å². The Morgan fingerprint density at radius 3 is 2.92 bits per heavy atom. The van der Waals surface area contributed by atoms with E-state index < -0.39 is 0 Å². The largest absolute Gasteiger partial charge is 0.330 e. The summed E-state index contributed by atoms with van der Waals surface area (Å²) in [5.41, 5.74) is 1.31. The molecule has 1 aliphatic carbocycles. The van der Waals surface area contributed by atoms with Crippen LogP contribution in [0.15, 0.2) is 6.20 Å². The third-order valence-electron chi connectivity index (χ3n) is 2.49. The fourth-order valence-electron chi connectivity index (χ4n) is 1.31. The van der Waals surface area contributed by atoms with E-state index in [1.54, 1.807) is 0 Å². The molecule has 1 aliphatic rings. The molecule has 1 saturated carbocycles. The highest BCUT2D eigenvalue weighted by Crippen LogP contribution is 2.46. The van der Waals surface area contributed by atoms with Gasteiger partial charge in [0.15, 0.2) is 0 Å². The van der Waals surface area contributed by atoms with Crippen LogP contribution in [0.3, 0.4) is 0 Å². The monoisotopic (exact) mass is 179 g/mol. The molecule has 0 saturated heterocycles. The molecule has 0 atom stereocenters. The van der Waals surface area contributed by atoms with Crippen molar-refractivity contribution in [3.8, 4) is 0 Å². The minimum atomic E-state index is -0.0955. The van der Waals surface area contributed by atoms with E-state index >= 15 is 0 Å². The van der Waals surface area contributed by atoms with E-state index in [0.29, 0.717) is 5.95 Å². The predicted octanol–water partition coefficient (Wildman–Crippen LogP) is 1.42. The van der Waals surface area contributed by atoms with Crippen molar-refractivity contribution in [1.29, 1.82) is 0 Å². The summed E-state index contributed by atoms with van der Waals surface area (Å²) in [4.78, 5) is 18.0. The first kappa shape index (κ1) is 8.29. The number of hydrogen-bond acceptors (Lipinski definition) is 2. The Hall–Kier alpha value is -1.32. The molecule has 0 aromatic carbocycles. The third kappa shape index (κ3) is 1.56. The van der Waals surface area contributed by atoms with Crippen molar-refractivity contribution in [3.63, 3.8) is 0 Å². The van der Waals surface area contributed by atoms with Crippen molar-refractivity contribution in [2.75, 3.05) is 5.32 Å². The summed E-state index contributed by atoms with van der Waals surface area (Å²) in [6.07, 6.45) is 4.26. The fraction of sp³-hybridized carbons (Fsp3) is 0.556. The van der Waals surface area contributed by atoms with Crippen molar-refractivity contribution in [3.05, 3.63) is 11.9 Å². The van der Waals surface area contributed by atoms with Gasteiger partial charge in [-0.15, -0.1) is 0 Å². The van der Waals surface area contributed by atoms with E-state index in [2.05, 4.69) is 22.2 Å². The van der Waals surface area contributed by atoms with Crippen LogP contribution in [-0.2, 0) is 10.2 Å². The molecule has 2 rings (SSSR count). The Bertz CT molecular complexity index is 338. The maximum atomic E-state index is 10.7. The van der Waals surface area contributed by atoms with Gasteiger partial charge in [-0.05, 0) is 12.8 Å². The summed E-state index contributed by atoms with van der Waals surface area (Å²) in [5.74, 6) is 0.456. The summed E-state index contributed by atoms with van der Waals surface area (Å²) < 4.78 is 0. The van der Waals surface area contributed by atoms with Crippen molar-refractivity contribution in [2.24, 2.45) is 0 Å². The van der Waals surface area contributed by atoms with Crippen LogP contribution < -0.4 is 5.32 Å². The topological polar surface area (TPSA) is 57.8 Å². The van der Waals surface area contributed by atoms with Gasteiger partial charge >= 0.3 is 0 Å². The number of hydrogen-bond donors (Lipinski definition) is 2. The molecule has 0 aliphatic heterocycles. The maximum Gasteiger partial charge on any atom is 0.223 e. The lowest BCUT2D eigenvalue weighted by atomic mass is 10.1. The van der Waals surface area contributed by atoms with Gasteiger partial charge < -0.3 is 4.98 Å². The van der Waals surface area contributed by atoms with E-state index in [1.165, 1.54) is 19.8 Å². The number of aromatic nitrogens is 2. The predicted molar refractivity (Wildman–Crippen MR) is 49.5 cm³/mol. The number of nitrogens with one attached hydrogen (secondary N) is 2. The molecule has 1 heterocycles. The minimum absolute atomic E-state index is 0.0955. The minimum Gasteiger partial charge on any atom is -0.330 e. The first-order valence-electron chi connectivity index (χ1n) is 4.44. The fourth-order valence-corrected chi connectivity index (χ4v) is 1.31. The molecule has 1 aromatic rings. The van der Waals surface area contributed by atoms with E-state index in [1.807, 2.05) is 6.20 Å². The Balaban J connectivity index is 2.14. The van der Waals surface area contributed by atoms with Crippen molar-refractivity contribution >= 4 is 11.9 Å². The first-order chi connectivity index (χ1) is 6.10. The summed E-state index contributed by atoms with van der Waals surface area (Å²) in [5, 5.41) is 2.62. The number of anilines is 1. The highest BCUT2D eigenvalue weighted by molar-refractivity contribution is 5.86. The number of H-pyrrole nitrogens is 1. The molecule has 1 fully saturated rings. The Labute approximate surface area is 76.8 Å². The van der Waals surface area contributed by atoms with E-state index in [9.17, 15) is 4.79 Å². The molecule has 2 N–H and O–H groups in total. The van der Waals surface area contributed by atoms with Gasteiger partial charge in [-0.2, -0.15) is 0 Å². The van der Waals surface area contributed by atoms with Gasteiger partial charge in [-0.1, -0.05) is 6.92 Å². The molecule has 0 radical (unpaired) electrons. The van der Waals surface area contributed by atoms with Gasteiger partial charge in [0.1, 0.15) is 0 Å². The number of imidazole rings is 1. The number of amides is 1. The van der Waals surface area contributed by atoms with Crippen molar-refractivity contribution < 1.29 is 4.79 Å². The molecular formula is C9H13N3O. The molecule has 0 unspecified atom stereocenters. The number of carbonyl (C=O) groups excluding carboxylic acids is 1. The van der Waals surface area contributed by atoms with Crippen LogP contribution in [0.1, 0.15) is 32.4 Å². The molecular weight excluding hydrogens is 166 g/mol. The van der Waals surface area contributed by atoms with Crippen molar-refractivity contribution in [1.82, 2.24) is 9.97 Å². The Morgan fingerprint density at radius 1 is 1.69 bits per heavy atom. The summed E-state index contributed by atoms with van der Waals surface area (Å²) >= 11 is 0. The molecule has 4 heteroatoms. The number of rotatable bonds is 2. The molecule has 1 amide bonds. The SMILES string of the molecule is CC(=O)Nc1nc(C2(C)CC2)c[nH]1. The molecule has 0 bridgehead atoms. The van der Waals surface area contributed by atoms with Crippen LogP contribution in [0, 0.1) is 0 Å². The zero-order valence-corrected chi connectivity index (χ0v) is 7.85. The second-order valence-corrected chi connectivity index (χ2v) is 3.88. The second-order valence-electron chi connectivity index (χ2n) is 3.88. The average molecular weight is 179 g/mol. The number of nitrogens with zero attached hydrogens (tertiary/aromatic N) is 1. The van der Waals surface area contributed by atoms with Crippen LogP contribution in [0.25, 0.3) is 0 Å². The molecule has 70 valence electrons. The van der Waals surface area contributed by atoms with Crippen LogP contribution in [-0.4, -0.2) is 15.9 Å².